The zero-order valence-corrected chi connectivity index (χ0v) is 16.5. The Hall–Kier alpha value is -2.44. The van der Waals surface area contributed by atoms with E-state index >= 15 is 0 Å². The number of amides is 2. The molecule has 0 saturated carbocycles. The summed E-state index contributed by atoms with van der Waals surface area (Å²) < 4.78 is 1.75. The highest BCUT2D eigenvalue weighted by Gasteiger charge is 2.42. The number of piperidine rings is 1. The van der Waals surface area contributed by atoms with Crippen LogP contribution in [0.15, 0.2) is 6.07 Å². The number of rotatable bonds is 3. The molecule has 3 aliphatic heterocycles. The fraction of sp³-hybridized carbons (Fsp3) is 0.600. The monoisotopic (exact) mass is 369 g/mol. The molecule has 7 nitrogen and oxygen atoms in total. The molecule has 144 valence electrons. The van der Waals surface area contributed by atoms with Crippen LogP contribution < -0.4 is 0 Å². The van der Waals surface area contributed by atoms with Gasteiger partial charge in [-0.05, 0) is 46.1 Å². The van der Waals surface area contributed by atoms with E-state index in [2.05, 4.69) is 17.0 Å². The van der Waals surface area contributed by atoms with Crippen LogP contribution in [-0.4, -0.2) is 61.9 Å². The summed E-state index contributed by atoms with van der Waals surface area (Å²) in [6.07, 6.45) is 2.79. The summed E-state index contributed by atoms with van der Waals surface area (Å²) in [4.78, 5) is 34.7. The van der Waals surface area contributed by atoms with Gasteiger partial charge >= 0.3 is 0 Å². The Balaban J connectivity index is 1.71. The van der Waals surface area contributed by atoms with Crippen molar-refractivity contribution in [3.63, 3.8) is 0 Å². The number of aryl methyl sites for hydroxylation is 3. The number of nitrogens with zero attached hydrogens (tertiary/aromatic N) is 5. The minimum absolute atomic E-state index is 0.0527. The van der Waals surface area contributed by atoms with Gasteiger partial charge in [-0.3, -0.25) is 9.59 Å². The average Bonchev–Trinajstić information content (AvgIpc) is 2.77. The van der Waals surface area contributed by atoms with Crippen LogP contribution in [0.25, 0.3) is 5.65 Å². The number of hydrogen-bond donors (Lipinski definition) is 0. The normalized spacial score (nSPS) is 22.6. The summed E-state index contributed by atoms with van der Waals surface area (Å²) in [6, 6.07) is 2.08. The van der Waals surface area contributed by atoms with Crippen LogP contribution in [0, 0.1) is 26.7 Å². The predicted molar refractivity (Wildman–Crippen MR) is 102 cm³/mol. The van der Waals surface area contributed by atoms with Crippen LogP contribution in [0.5, 0.6) is 0 Å². The minimum Gasteiger partial charge on any atom is -0.338 e. The lowest BCUT2D eigenvalue weighted by Crippen LogP contribution is -2.48. The second-order valence-corrected chi connectivity index (χ2v) is 7.90. The van der Waals surface area contributed by atoms with Crippen molar-refractivity contribution in [3.8, 4) is 0 Å². The van der Waals surface area contributed by atoms with E-state index in [-0.39, 0.29) is 23.8 Å². The Kier molecular flexibility index (Phi) is 4.40. The van der Waals surface area contributed by atoms with Gasteiger partial charge in [0.05, 0.1) is 11.6 Å². The third-order valence-corrected chi connectivity index (χ3v) is 5.83. The summed E-state index contributed by atoms with van der Waals surface area (Å²) in [5, 5.41) is 4.54. The molecule has 2 bridgehead atoms. The molecule has 0 aromatic carbocycles. The van der Waals surface area contributed by atoms with Gasteiger partial charge < -0.3 is 9.80 Å². The molecule has 5 rings (SSSR count). The maximum Gasteiger partial charge on any atom is 0.259 e. The van der Waals surface area contributed by atoms with Crippen LogP contribution in [0.3, 0.4) is 0 Å². The number of aromatic nitrogens is 3. The fourth-order valence-electron chi connectivity index (χ4n) is 4.58. The number of carbonyl (C=O) groups is 2. The molecule has 0 aliphatic carbocycles. The second-order valence-electron chi connectivity index (χ2n) is 7.90. The van der Waals surface area contributed by atoms with Gasteiger partial charge in [0.2, 0.25) is 5.91 Å². The van der Waals surface area contributed by atoms with E-state index in [1.807, 2.05) is 36.6 Å². The maximum atomic E-state index is 13.5. The summed E-state index contributed by atoms with van der Waals surface area (Å²) >= 11 is 0. The van der Waals surface area contributed by atoms with Gasteiger partial charge in [0.15, 0.2) is 5.65 Å². The zero-order chi connectivity index (χ0) is 19.3. The first-order valence-corrected chi connectivity index (χ1v) is 9.84. The average molecular weight is 369 g/mol. The first-order chi connectivity index (χ1) is 12.9. The first-order valence-electron chi connectivity index (χ1n) is 9.84. The van der Waals surface area contributed by atoms with Gasteiger partial charge in [-0.25, -0.2) is 9.50 Å². The van der Waals surface area contributed by atoms with E-state index in [0.717, 1.165) is 37.2 Å². The van der Waals surface area contributed by atoms with E-state index in [0.29, 0.717) is 30.0 Å². The summed E-state index contributed by atoms with van der Waals surface area (Å²) in [5.41, 5.74) is 3.70. The predicted octanol–water partition coefficient (Wildman–Crippen LogP) is 2.13. The van der Waals surface area contributed by atoms with Crippen molar-refractivity contribution in [2.75, 3.05) is 19.6 Å². The van der Waals surface area contributed by atoms with Crippen LogP contribution >= 0.6 is 0 Å². The molecule has 3 fully saturated rings. The van der Waals surface area contributed by atoms with Crippen molar-refractivity contribution in [2.24, 2.45) is 5.92 Å². The van der Waals surface area contributed by atoms with Gasteiger partial charge in [-0.15, -0.1) is 0 Å². The third kappa shape index (κ3) is 2.89. The maximum absolute atomic E-state index is 13.5. The summed E-state index contributed by atoms with van der Waals surface area (Å²) in [6.45, 7) is 9.72. The van der Waals surface area contributed by atoms with Crippen LogP contribution in [0.4, 0.5) is 0 Å². The number of fused-ring (bicyclic) bond motifs is 5. The lowest BCUT2D eigenvalue weighted by Gasteiger charge is -2.35. The standard InChI is InChI=1S/C20H27N5O2/c1-5-8-24-16-7-6-15(19(24)26)10-23(11-16)20(27)17-14(4)22-25-13(3)9-12(2)21-18(17)25/h9,15-16H,5-8,10-11H2,1-4H3/t15-,16+/m1/s1. The van der Waals surface area contributed by atoms with Crippen molar-refractivity contribution in [2.45, 2.75) is 53.0 Å². The summed E-state index contributed by atoms with van der Waals surface area (Å²) in [5.74, 6) is 0.0747. The van der Waals surface area contributed by atoms with Crippen molar-refractivity contribution < 1.29 is 9.59 Å². The largest absolute Gasteiger partial charge is 0.338 e. The summed E-state index contributed by atoms with van der Waals surface area (Å²) in [7, 11) is 0. The molecule has 0 spiro atoms. The van der Waals surface area contributed by atoms with E-state index < -0.39 is 0 Å². The van der Waals surface area contributed by atoms with E-state index in [9.17, 15) is 9.59 Å². The molecule has 0 radical (unpaired) electrons. The molecule has 2 amide bonds. The Morgan fingerprint density at radius 1 is 1.22 bits per heavy atom. The van der Waals surface area contributed by atoms with Crippen molar-refractivity contribution in [1.82, 2.24) is 24.4 Å². The van der Waals surface area contributed by atoms with Crippen LogP contribution in [-0.2, 0) is 4.79 Å². The molecule has 2 atom stereocenters. The van der Waals surface area contributed by atoms with E-state index in [4.69, 9.17) is 0 Å². The Labute approximate surface area is 159 Å². The highest BCUT2D eigenvalue weighted by atomic mass is 16.2. The molecule has 2 aromatic rings. The van der Waals surface area contributed by atoms with Gasteiger partial charge in [-0.2, -0.15) is 5.10 Å². The molecule has 0 N–H and O–H groups in total. The van der Waals surface area contributed by atoms with E-state index in [1.165, 1.54) is 0 Å². The van der Waals surface area contributed by atoms with Crippen molar-refractivity contribution >= 4 is 17.5 Å². The lowest BCUT2D eigenvalue weighted by atomic mass is 9.94. The van der Waals surface area contributed by atoms with Gasteiger partial charge in [0, 0.05) is 37.1 Å². The smallest absolute Gasteiger partial charge is 0.259 e. The molecular formula is C20H27N5O2. The molecule has 7 heteroatoms. The van der Waals surface area contributed by atoms with Crippen molar-refractivity contribution in [1.29, 1.82) is 0 Å². The molecular weight excluding hydrogens is 342 g/mol. The quantitative estimate of drug-likeness (QED) is 0.831. The third-order valence-electron chi connectivity index (χ3n) is 5.83. The fourth-order valence-corrected chi connectivity index (χ4v) is 4.58. The molecule has 3 saturated heterocycles. The minimum atomic E-state index is -0.0853. The Morgan fingerprint density at radius 2 is 2.00 bits per heavy atom. The SMILES string of the molecule is CCCN1C(=O)[C@@H]2CC[C@H]1CN(C(=O)c1c(C)nn3c(C)cc(C)nc13)C2. The molecule has 2 aromatic heterocycles. The van der Waals surface area contributed by atoms with Crippen LogP contribution in [0.2, 0.25) is 0 Å². The second kappa shape index (κ2) is 6.62. The zero-order valence-electron chi connectivity index (χ0n) is 16.5. The highest BCUT2D eigenvalue weighted by molar-refractivity contribution is 6.01. The molecule has 0 unspecified atom stereocenters. The number of hydrogen-bond acceptors (Lipinski definition) is 4. The van der Waals surface area contributed by atoms with Gasteiger partial charge in [0.1, 0.15) is 5.56 Å². The van der Waals surface area contributed by atoms with Gasteiger partial charge in [0.25, 0.3) is 5.91 Å². The molecule has 3 aliphatic rings. The lowest BCUT2D eigenvalue weighted by molar-refractivity contribution is -0.139. The van der Waals surface area contributed by atoms with Crippen LogP contribution in [0.1, 0.15) is 53.6 Å². The Bertz CT molecular complexity index is 919. The van der Waals surface area contributed by atoms with Crippen molar-refractivity contribution in [3.05, 3.63) is 28.7 Å². The Morgan fingerprint density at radius 3 is 2.74 bits per heavy atom. The van der Waals surface area contributed by atoms with E-state index in [1.54, 1.807) is 4.52 Å². The molecule has 5 heterocycles. The highest BCUT2D eigenvalue weighted by Crippen LogP contribution is 2.30. The molecule has 27 heavy (non-hydrogen) atoms. The topological polar surface area (TPSA) is 70.8 Å². The first kappa shape index (κ1) is 17.9. The van der Waals surface area contributed by atoms with Gasteiger partial charge in [-0.1, -0.05) is 6.92 Å². The number of carbonyl (C=O) groups excluding carboxylic acids is 2.